The van der Waals surface area contributed by atoms with Crippen molar-refractivity contribution in [1.82, 2.24) is 10.2 Å². The molecule has 7 rings (SSSR count). The Bertz CT molecular complexity index is 1750. The maximum absolute atomic E-state index is 15.0. The van der Waals surface area contributed by atoms with Gasteiger partial charge in [0.15, 0.2) is 13.9 Å². The van der Waals surface area contributed by atoms with E-state index in [0.717, 1.165) is 31.6 Å². The van der Waals surface area contributed by atoms with E-state index in [-0.39, 0.29) is 49.2 Å². The third kappa shape index (κ3) is 6.43. The maximum atomic E-state index is 15.0. The number of carbonyl (C=O) groups excluding carboxylic acids is 4. The van der Waals surface area contributed by atoms with E-state index in [1.807, 2.05) is 73.4 Å². The van der Waals surface area contributed by atoms with Gasteiger partial charge in [-0.3, -0.25) is 24.1 Å². The van der Waals surface area contributed by atoms with E-state index in [1.54, 1.807) is 9.80 Å². The lowest BCUT2D eigenvalue weighted by Crippen LogP contribution is -2.55. The van der Waals surface area contributed by atoms with Crippen molar-refractivity contribution in [2.24, 2.45) is 5.92 Å². The van der Waals surface area contributed by atoms with Gasteiger partial charge < -0.3 is 39.4 Å². The van der Waals surface area contributed by atoms with Gasteiger partial charge in [0.2, 0.25) is 5.91 Å². The first-order valence-electron chi connectivity index (χ1n) is 19.6. The van der Waals surface area contributed by atoms with Gasteiger partial charge >= 0.3 is 5.97 Å². The van der Waals surface area contributed by atoms with Crippen LogP contribution in [0.5, 0.6) is 0 Å². The number of piperidine rings is 1. The van der Waals surface area contributed by atoms with Crippen LogP contribution in [0.15, 0.2) is 48.5 Å². The summed E-state index contributed by atoms with van der Waals surface area (Å²) in [4.78, 5) is 74.7. The number of likely N-dealkylation sites (tertiary alicyclic amines) is 1. The number of hydrogen-bond acceptors (Lipinski definition) is 10. The van der Waals surface area contributed by atoms with E-state index < -0.39 is 37.0 Å². The molecule has 5 atom stereocenters. The summed E-state index contributed by atoms with van der Waals surface area (Å²) in [7, 11) is -1.71. The molecule has 5 heterocycles. The molecule has 54 heavy (non-hydrogen) atoms. The maximum Gasteiger partial charge on any atom is 0.305 e. The molecule has 0 saturated carbocycles. The van der Waals surface area contributed by atoms with Crippen LogP contribution in [0.25, 0.3) is 0 Å². The van der Waals surface area contributed by atoms with Crippen molar-refractivity contribution in [2.75, 3.05) is 61.3 Å². The van der Waals surface area contributed by atoms with Crippen LogP contribution in [0.4, 0.5) is 17.1 Å². The van der Waals surface area contributed by atoms with E-state index in [4.69, 9.17) is 9.47 Å². The summed E-state index contributed by atoms with van der Waals surface area (Å²) in [5.74, 6) is -1.21. The Morgan fingerprint density at radius 1 is 1.04 bits per heavy atom. The second-order valence-electron chi connectivity index (χ2n) is 16.2. The van der Waals surface area contributed by atoms with Gasteiger partial charge in [0.1, 0.15) is 5.54 Å². The van der Waals surface area contributed by atoms with Crippen molar-refractivity contribution >= 4 is 49.1 Å². The lowest BCUT2D eigenvalue weighted by Gasteiger charge is -2.39. The quantitative estimate of drug-likeness (QED) is 0.176. The summed E-state index contributed by atoms with van der Waals surface area (Å²) in [5, 5.41) is 13.4. The fourth-order valence-corrected chi connectivity index (χ4v) is 12.7. The van der Waals surface area contributed by atoms with E-state index in [0.29, 0.717) is 62.4 Å². The number of nitrogens with one attached hydrogen (secondary N) is 1. The molecular formula is C40H55N5O8Si. The van der Waals surface area contributed by atoms with E-state index in [2.05, 4.69) is 10.2 Å². The number of nitrogens with zero attached hydrogens (tertiary/aromatic N) is 4. The Morgan fingerprint density at radius 3 is 2.46 bits per heavy atom. The van der Waals surface area contributed by atoms with Crippen molar-refractivity contribution in [3.63, 3.8) is 0 Å². The van der Waals surface area contributed by atoms with Crippen LogP contribution < -0.4 is 20.0 Å². The number of carbonyl (C=O) groups is 4. The minimum atomic E-state index is -3.06. The summed E-state index contributed by atoms with van der Waals surface area (Å²) in [6, 6.07) is 15.5. The molecule has 2 spiro atoms. The van der Waals surface area contributed by atoms with Gasteiger partial charge in [0.05, 0.1) is 44.6 Å². The molecule has 3 N–H and O–H groups in total. The molecule has 3 amide bonds. The van der Waals surface area contributed by atoms with Crippen molar-refractivity contribution < 1.29 is 38.6 Å². The third-order valence-corrected chi connectivity index (χ3v) is 15.2. The molecule has 5 aliphatic rings. The summed E-state index contributed by atoms with van der Waals surface area (Å²) in [6.07, 6.45) is 3.40. The number of methoxy groups -OCH3 is 1. The number of amides is 3. The summed E-state index contributed by atoms with van der Waals surface area (Å²) >= 11 is 0. The molecule has 0 bridgehead atoms. The molecule has 292 valence electrons. The smallest absolute Gasteiger partial charge is 0.305 e. The van der Waals surface area contributed by atoms with Crippen molar-refractivity contribution in [3.05, 3.63) is 54.1 Å². The lowest BCUT2D eigenvalue weighted by molar-refractivity contribution is -0.150. The number of benzene rings is 2. The number of esters is 1. The number of fused-ring (bicyclic) bond motifs is 2. The molecule has 4 fully saturated rings. The Balaban J connectivity index is 1.28. The van der Waals surface area contributed by atoms with Crippen LogP contribution in [0.3, 0.4) is 0 Å². The predicted molar refractivity (Wildman–Crippen MR) is 206 cm³/mol. The summed E-state index contributed by atoms with van der Waals surface area (Å²) < 4.78 is 11.8. The van der Waals surface area contributed by atoms with Crippen LogP contribution in [0.2, 0.25) is 18.6 Å². The van der Waals surface area contributed by atoms with Gasteiger partial charge in [0, 0.05) is 47.9 Å². The van der Waals surface area contributed by atoms with Crippen LogP contribution >= 0.6 is 0 Å². The number of aliphatic hydroxyl groups is 1. The molecule has 4 saturated heterocycles. The number of unbranched alkanes of at least 4 members (excludes halogenated alkanes) is 1. The van der Waals surface area contributed by atoms with Crippen molar-refractivity contribution in [1.29, 1.82) is 0 Å². The minimum absolute atomic E-state index is 0.0144. The second-order valence-corrected chi connectivity index (χ2v) is 20.2. The minimum Gasteiger partial charge on any atom is -0.469 e. The highest BCUT2D eigenvalue weighted by atomic mass is 28.4. The van der Waals surface area contributed by atoms with Gasteiger partial charge in [-0.15, -0.1) is 0 Å². The zero-order valence-electron chi connectivity index (χ0n) is 32.0. The number of hydrogen-bond donors (Lipinski definition) is 3. The standard InChI is InChI=1S/C40H55N5O8Si/c1-27-36(54(3,4)51)33(24-34(47)42-22-10-13-30(42)25-46)53-40(27)31-23-29(15-16-32(31)43(38(40)50)21-9-8-14-35(48)52-2)44-26-45(28-11-6-5-7-12-28)39(37(44)49)17-19-41-20-18-39/h5-7,11-12,15-16,23,27,30,33,36,41,46,51H,8-10,13-14,17-22,24-26H2,1-4H3/t27-,30+,33+,36-,40+/m1/s1. The zero-order valence-corrected chi connectivity index (χ0v) is 33.0. The molecule has 0 unspecified atom stereocenters. The molecule has 0 aliphatic carbocycles. The van der Waals surface area contributed by atoms with Gasteiger partial charge in [-0.2, -0.15) is 0 Å². The molecule has 0 aromatic heterocycles. The largest absolute Gasteiger partial charge is 0.469 e. The van der Waals surface area contributed by atoms with Gasteiger partial charge in [-0.05, 0) is 95.0 Å². The molecule has 2 aromatic carbocycles. The highest BCUT2D eigenvalue weighted by Crippen LogP contribution is 2.60. The molecular weight excluding hydrogens is 707 g/mol. The van der Waals surface area contributed by atoms with E-state index >= 15 is 4.79 Å². The van der Waals surface area contributed by atoms with Crippen LogP contribution in [0.1, 0.15) is 63.9 Å². The highest BCUT2D eigenvalue weighted by molar-refractivity contribution is 6.71. The number of ether oxygens (including phenoxy) is 2. The molecule has 0 radical (unpaired) electrons. The first-order valence-corrected chi connectivity index (χ1v) is 22.6. The average Bonchev–Trinajstić information content (AvgIpc) is 3.89. The first kappa shape index (κ1) is 38.5. The first-order chi connectivity index (χ1) is 25.9. The summed E-state index contributed by atoms with van der Waals surface area (Å²) in [5.41, 5.74) is 0.240. The monoisotopic (exact) mass is 761 g/mol. The SMILES string of the molecule is COC(=O)CCCCN1C(=O)[C@@]2(O[C@@H](CC(=O)N3CCC[C@H]3CO)[C@H]([Si](C)(C)O)[C@H]2C)c2cc(N3CN(c4ccccc4)C4(CCNCC4)C3=O)ccc21. The number of aliphatic hydroxyl groups excluding tert-OH is 1. The van der Waals surface area contributed by atoms with Gasteiger partial charge in [-0.25, -0.2) is 0 Å². The summed E-state index contributed by atoms with van der Waals surface area (Å²) in [6.45, 7) is 8.17. The molecule has 13 nitrogen and oxygen atoms in total. The Hall–Kier alpha value is -3.82. The fraction of sp³-hybridized carbons (Fsp3) is 0.600. The molecule has 5 aliphatic heterocycles. The average molecular weight is 762 g/mol. The van der Waals surface area contributed by atoms with Crippen LogP contribution in [-0.2, 0) is 34.3 Å². The van der Waals surface area contributed by atoms with E-state index in [1.165, 1.54) is 7.11 Å². The fourth-order valence-electron chi connectivity index (χ4n) is 10.1. The van der Waals surface area contributed by atoms with Gasteiger partial charge in [0.25, 0.3) is 11.8 Å². The van der Waals surface area contributed by atoms with Crippen LogP contribution in [0, 0.1) is 5.92 Å². The lowest BCUT2D eigenvalue weighted by atomic mass is 9.82. The van der Waals surface area contributed by atoms with Crippen molar-refractivity contribution in [3.8, 4) is 0 Å². The number of anilines is 3. The van der Waals surface area contributed by atoms with Gasteiger partial charge in [-0.1, -0.05) is 25.1 Å². The predicted octanol–water partition coefficient (Wildman–Crippen LogP) is 3.48. The molecule has 2 aromatic rings. The molecule has 14 heteroatoms. The van der Waals surface area contributed by atoms with E-state index in [9.17, 15) is 24.3 Å². The Kier molecular flexibility index (Phi) is 10.7. The van der Waals surface area contributed by atoms with Crippen molar-refractivity contribution in [2.45, 2.75) is 100 Å². The second kappa shape index (κ2) is 15.0. The normalized spacial score (nSPS) is 27.8. The zero-order chi connectivity index (χ0) is 38.4. The highest BCUT2D eigenvalue weighted by Gasteiger charge is 2.67. The van der Waals surface area contributed by atoms with Crippen LogP contribution in [-0.4, -0.2) is 111 Å². The Labute approximate surface area is 318 Å². The third-order valence-electron chi connectivity index (χ3n) is 12.7. The topological polar surface area (TPSA) is 152 Å². The number of para-hydroxylation sites is 1. The number of rotatable bonds is 11. The Morgan fingerprint density at radius 2 is 1.78 bits per heavy atom.